The van der Waals surface area contributed by atoms with E-state index < -0.39 is 6.29 Å². The van der Waals surface area contributed by atoms with E-state index in [1.165, 1.54) is 57.8 Å². The summed E-state index contributed by atoms with van der Waals surface area (Å²) in [7, 11) is 1.72. The summed E-state index contributed by atoms with van der Waals surface area (Å²) in [5, 5.41) is 10.9. The molecule has 0 aromatic heterocycles. The van der Waals surface area contributed by atoms with Crippen molar-refractivity contribution in [2.24, 2.45) is 40.4 Å². The normalized spacial score (nSPS) is 56.9. The summed E-state index contributed by atoms with van der Waals surface area (Å²) in [4.78, 5) is 0. The van der Waals surface area contributed by atoms with E-state index in [1.807, 2.05) is 0 Å². The molecule has 4 nitrogen and oxygen atoms in total. The molecule has 0 amide bonds. The Hall–Kier alpha value is -0.160. The smallest absolute Gasteiger partial charge is 0.161 e. The molecule has 4 heteroatoms. The number of hydrogen-bond acceptors (Lipinski definition) is 4. The van der Waals surface area contributed by atoms with Gasteiger partial charge >= 0.3 is 0 Å². The third kappa shape index (κ3) is 2.55. The molecule has 5 fully saturated rings. The maximum Gasteiger partial charge on any atom is 0.161 e. The zero-order chi connectivity index (χ0) is 18.8. The average Bonchev–Trinajstić information content (AvgIpc) is 3.16. The first-order chi connectivity index (χ1) is 13.0. The van der Waals surface area contributed by atoms with Crippen LogP contribution in [0.4, 0.5) is 0 Å². The summed E-state index contributed by atoms with van der Waals surface area (Å²) in [6.07, 6.45) is 11.5. The first kappa shape index (κ1) is 18.8. The topological polar surface area (TPSA) is 47.9 Å². The fourth-order valence-electron chi connectivity index (χ4n) is 8.89. The van der Waals surface area contributed by atoms with Crippen LogP contribution in [-0.4, -0.2) is 37.5 Å². The molecule has 27 heavy (non-hydrogen) atoms. The van der Waals surface area contributed by atoms with Crippen molar-refractivity contribution in [2.45, 2.75) is 90.1 Å². The quantitative estimate of drug-likeness (QED) is 0.742. The highest BCUT2D eigenvalue weighted by Gasteiger charge is 2.67. The molecule has 1 spiro atoms. The van der Waals surface area contributed by atoms with E-state index in [2.05, 4.69) is 13.8 Å². The van der Waals surface area contributed by atoms with Crippen LogP contribution < -0.4 is 0 Å². The van der Waals surface area contributed by atoms with Crippen LogP contribution in [0.1, 0.15) is 71.6 Å². The Balaban J connectivity index is 1.37. The van der Waals surface area contributed by atoms with Gasteiger partial charge in [-0.2, -0.15) is 0 Å². The largest absolute Gasteiger partial charge is 0.367 e. The van der Waals surface area contributed by atoms with Gasteiger partial charge < -0.3 is 19.3 Å². The van der Waals surface area contributed by atoms with Crippen molar-refractivity contribution in [2.75, 3.05) is 13.9 Å². The van der Waals surface area contributed by atoms with Gasteiger partial charge in [-0.3, -0.25) is 0 Å². The van der Waals surface area contributed by atoms with Gasteiger partial charge in [0.2, 0.25) is 0 Å². The van der Waals surface area contributed by atoms with E-state index in [4.69, 9.17) is 14.2 Å². The van der Waals surface area contributed by atoms with Crippen LogP contribution in [-0.2, 0) is 14.2 Å². The molecule has 1 aliphatic heterocycles. The van der Waals surface area contributed by atoms with Gasteiger partial charge in [-0.05, 0) is 99.7 Å². The molecule has 0 aromatic carbocycles. The fraction of sp³-hybridized carbons (Fsp3) is 1.00. The van der Waals surface area contributed by atoms with Gasteiger partial charge in [-0.15, -0.1) is 0 Å². The predicted octanol–water partition coefficient (Wildman–Crippen LogP) is 4.35. The van der Waals surface area contributed by atoms with Crippen LogP contribution in [0.15, 0.2) is 0 Å². The molecule has 1 N–H and O–H groups in total. The Morgan fingerprint density at radius 2 is 1.81 bits per heavy atom. The van der Waals surface area contributed by atoms with Gasteiger partial charge in [-0.1, -0.05) is 6.92 Å². The van der Waals surface area contributed by atoms with Gasteiger partial charge in [-0.25, -0.2) is 0 Å². The van der Waals surface area contributed by atoms with E-state index in [1.54, 1.807) is 7.11 Å². The minimum absolute atomic E-state index is 0.0720. The number of hydrogen-bond donors (Lipinski definition) is 1. The Morgan fingerprint density at radius 3 is 2.63 bits per heavy atom. The summed E-state index contributed by atoms with van der Waals surface area (Å²) < 4.78 is 17.1. The molecule has 4 aliphatic carbocycles. The minimum atomic E-state index is -0.519. The molecular weight excluding hydrogens is 340 g/mol. The lowest BCUT2D eigenvalue weighted by Gasteiger charge is -2.61. The molecule has 5 rings (SSSR count). The second kappa shape index (κ2) is 6.68. The van der Waals surface area contributed by atoms with Crippen molar-refractivity contribution < 1.29 is 19.3 Å². The zero-order valence-electron chi connectivity index (χ0n) is 17.4. The molecule has 1 unspecified atom stereocenters. The number of fused-ring (bicyclic) bond motifs is 4. The van der Waals surface area contributed by atoms with E-state index in [0.29, 0.717) is 30.1 Å². The van der Waals surface area contributed by atoms with Crippen molar-refractivity contribution in [3.63, 3.8) is 0 Å². The van der Waals surface area contributed by atoms with Crippen LogP contribution >= 0.6 is 0 Å². The average molecular weight is 379 g/mol. The SMILES string of the molecule is COCO[C@@H]1CC[C@@]2(C)[C@@H](CC[C@@H]3[C@@H]2CC[C@]24C(O)O[C@H](C)[C@H]2CC[C@@H]34)C1. The second-order valence-corrected chi connectivity index (χ2v) is 10.7. The Labute approximate surface area is 164 Å². The maximum absolute atomic E-state index is 10.9. The van der Waals surface area contributed by atoms with Crippen molar-refractivity contribution >= 4 is 0 Å². The number of rotatable bonds is 3. The molecule has 0 bridgehead atoms. The number of aliphatic hydroxyl groups is 1. The molecule has 5 aliphatic rings. The van der Waals surface area contributed by atoms with Crippen LogP contribution in [0.5, 0.6) is 0 Å². The highest BCUT2D eigenvalue weighted by atomic mass is 16.7. The van der Waals surface area contributed by atoms with Gasteiger partial charge in [0.25, 0.3) is 0 Å². The first-order valence-electron chi connectivity index (χ1n) is 11.4. The van der Waals surface area contributed by atoms with Crippen molar-refractivity contribution in [1.29, 1.82) is 0 Å². The molecule has 10 atom stereocenters. The highest BCUT2D eigenvalue weighted by Crippen LogP contribution is 2.70. The molecule has 1 saturated heterocycles. The molecular formula is C23H38O4. The summed E-state index contributed by atoms with van der Waals surface area (Å²) >= 11 is 0. The standard InChI is InChI=1S/C23H38O4/c1-14-18-6-7-20-17-5-4-15-12-16(26-13-25-3)8-10-22(15,2)19(17)9-11-23(18,20)21(24)27-14/h14-21,24H,4-13H2,1-3H3/t14-,15+,16-,17-,18-,19+,20+,21?,22+,23+/m1/s1. The lowest BCUT2D eigenvalue weighted by atomic mass is 9.44. The summed E-state index contributed by atoms with van der Waals surface area (Å²) in [6, 6.07) is 0. The molecule has 154 valence electrons. The van der Waals surface area contributed by atoms with Gasteiger partial charge in [0.05, 0.1) is 12.2 Å². The molecule has 1 heterocycles. The van der Waals surface area contributed by atoms with Crippen LogP contribution in [0, 0.1) is 40.4 Å². The summed E-state index contributed by atoms with van der Waals surface area (Å²) in [5.41, 5.74) is 0.536. The van der Waals surface area contributed by atoms with Crippen LogP contribution in [0.3, 0.4) is 0 Å². The summed E-state index contributed by atoms with van der Waals surface area (Å²) in [5.74, 6) is 3.69. The Morgan fingerprint density at radius 1 is 1.00 bits per heavy atom. The molecule has 4 saturated carbocycles. The number of aliphatic hydroxyl groups excluding tert-OH is 1. The monoisotopic (exact) mass is 378 g/mol. The van der Waals surface area contributed by atoms with Crippen LogP contribution in [0.2, 0.25) is 0 Å². The third-order valence-corrected chi connectivity index (χ3v) is 10.1. The lowest BCUT2D eigenvalue weighted by Crippen LogP contribution is -2.56. The number of methoxy groups -OCH3 is 1. The lowest BCUT2D eigenvalue weighted by molar-refractivity contribution is -0.196. The molecule has 0 radical (unpaired) electrons. The Kier molecular flexibility index (Phi) is 4.66. The first-order valence-corrected chi connectivity index (χ1v) is 11.4. The maximum atomic E-state index is 10.9. The number of ether oxygens (including phenoxy) is 3. The molecule has 0 aromatic rings. The van der Waals surface area contributed by atoms with Gasteiger partial charge in [0.1, 0.15) is 6.79 Å². The van der Waals surface area contributed by atoms with E-state index >= 15 is 0 Å². The zero-order valence-corrected chi connectivity index (χ0v) is 17.4. The van der Waals surface area contributed by atoms with Crippen molar-refractivity contribution in [1.82, 2.24) is 0 Å². The van der Waals surface area contributed by atoms with Crippen molar-refractivity contribution in [3.05, 3.63) is 0 Å². The highest BCUT2D eigenvalue weighted by molar-refractivity contribution is 5.14. The van der Waals surface area contributed by atoms with Gasteiger partial charge in [0.15, 0.2) is 6.29 Å². The van der Waals surface area contributed by atoms with E-state index in [-0.39, 0.29) is 11.5 Å². The predicted molar refractivity (Wildman–Crippen MR) is 103 cm³/mol. The van der Waals surface area contributed by atoms with Crippen molar-refractivity contribution in [3.8, 4) is 0 Å². The minimum Gasteiger partial charge on any atom is -0.367 e. The summed E-state index contributed by atoms with van der Waals surface area (Å²) in [6.45, 7) is 5.22. The Bertz CT molecular complexity index is 567. The third-order valence-electron chi connectivity index (χ3n) is 10.1. The van der Waals surface area contributed by atoms with Gasteiger partial charge in [0, 0.05) is 12.5 Å². The second-order valence-electron chi connectivity index (χ2n) is 10.7. The van der Waals surface area contributed by atoms with Crippen LogP contribution in [0.25, 0.3) is 0 Å². The van der Waals surface area contributed by atoms with E-state index in [0.717, 1.165) is 17.8 Å². The van der Waals surface area contributed by atoms with E-state index in [9.17, 15) is 5.11 Å². The fourth-order valence-corrected chi connectivity index (χ4v) is 8.89.